The molecule has 10 nitrogen and oxygen atoms in total. The number of hydrogen-bond acceptors (Lipinski definition) is 9. The normalized spacial score (nSPS) is 17.5. The molecule has 1 aliphatic rings. The molecule has 1 atom stereocenters. The number of esters is 1. The fourth-order valence-electron chi connectivity index (χ4n) is 3.64. The number of carbonyl (C=O) groups excluding carboxylic acids is 1. The number of sulfone groups is 1. The summed E-state index contributed by atoms with van der Waals surface area (Å²) in [6.07, 6.45) is 2.22. The molecule has 168 valence electrons. The maximum atomic E-state index is 12.4. The first-order valence-corrected chi connectivity index (χ1v) is 12.6. The van der Waals surface area contributed by atoms with Gasteiger partial charge < -0.3 is 14.3 Å². The fourth-order valence-corrected chi connectivity index (χ4v) is 6.21. The molecule has 1 fully saturated rings. The molecule has 0 saturated carbocycles. The van der Waals surface area contributed by atoms with Gasteiger partial charge in [-0.05, 0) is 24.6 Å². The van der Waals surface area contributed by atoms with Crippen LogP contribution in [-0.4, -0.2) is 57.7 Å². The molecule has 0 aliphatic carbocycles. The molecule has 0 radical (unpaired) electrons. The van der Waals surface area contributed by atoms with E-state index in [4.69, 9.17) is 4.74 Å². The van der Waals surface area contributed by atoms with Crippen LogP contribution < -0.4 is 5.56 Å². The average molecular weight is 476 g/mol. The lowest BCUT2D eigenvalue weighted by molar-refractivity contribution is 0.0601. The predicted octanol–water partition coefficient (Wildman–Crippen LogP) is 1.68. The minimum atomic E-state index is -3.05. The molecule has 12 heteroatoms. The highest BCUT2D eigenvalue weighted by Gasteiger charge is 2.33. The standard InChI is InChI=1S/C20H21N5O5S2/c1-3-7-25-17(13-6-8-32(28,29)11-13)23-24-20(25)31-10-16-21-15-9-12(19(27)30-2)4-5-14(15)18(26)22-16/h3-5,9,13H,1,6-8,10-11H2,2H3,(H,21,22,26)/t13-/m1/s1. The number of methoxy groups -OCH3 is 1. The van der Waals surface area contributed by atoms with E-state index in [-0.39, 0.29) is 23.0 Å². The third-order valence-electron chi connectivity index (χ3n) is 5.17. The first-order valence-electron chi connectivity index (χ1n) is 9.80. The van der Waals surface area contributed by atoms with Gasteiger partial charge in [-0.15, -0.1) is 16.8 Å². The van der Waals surface area contributed by atoms with Crippen molar-refractivity contribution in [1.82, 2.24) is 24.7 Å². The average Bonchev–Trinajstić information content (AvgIpc) is 3.33. The molecule has 1 saturated heterocycles. The topological polar surface area (TPSA) is 137 Å². The van der Waals surface area contributed by atoms with E-state index in [9.17, 15) is 18.0 Å². The number of carbonyl (C=O) groups is 1. The zero-order valence-electron chi connectivity index (χ0n) is 17.3. The van der Waals surface area contributed by atoms with E-state index in [2.05, 4.69) is 26.7 Å². The lowest BCUT2D eigenvalue weighted by Gasteiger charge is -2.11. The fraction of sp³-hybridized carbons (Fsp3) is 0.350. The first-order chi connectivity index (χ1) is 15.3. The number of thioether (sulfide) groups is 1. The highest BCUT2D eigenvalue weighted by atomic mass is 32.2. The van der Waals surface area contributed by atoms with Gasteiger partial charge in [0.2, 0.25) is 0 Å². The van der Waals surface area contributed by atoms with E-state index in [1.165, 1.54) is 37.1 Å². The van der Waals surface area contributed by atoms with Crippen LogP contribution in [0.2, 0.25) is 0 Å². The van der Waals surface area contributed by atoms with Crippen LogP contribution in [0.15, 0.2) is 40.8 Å². The number of benzene rings is 1. The third-order valence-corrected chi connectivity index (χ3v) is 7.92. The van der Waals surface area contributed by atoms with Crippen molar-refractivity contribution in [1.29, 1.82) is 0 Å². The second-order valence-electron chi connectivity index (χ2n) is 7.36. The Hall–Kier alpha value is -2.99. The van der Waals surface area contributed by atoms with Crippen molar-refractivity contribution in [2.24, 2.45) is 0 Å². The Labute approximate surface area is 188 Å². The van der Waals surface area contributed by atoms with Crippen molar-refractivity contribution in [3.8, 4) is 0 Å². The molecule has 0 amide bonds. The third kappa shape index (κ3) is 4.46. The molecular formula is C20H21N5O5S2. The molecule has 4 rings (SSSR count). The van der Waals surface area contributed by atoms with Gasteiger partial charge in [0, 0.05) is 12.5 Å². The van der Waals surface area contributed by atoms with E-state index in [0.717, 1.165) is 0 Å². The Kier molecular flexibility index (Phi) is 6.15. The summed E-state index contributed by atoms with van der Waals surface area (Å²) in [4.78, 5) is 31.4. The number of rotatable bonds is 7. The number of allylic oxidation sites excluding steroid dienone is 1. The Morgan fingerprint density at radius 3 is 2.91 bits per heavy atom. The van der Waals surface area contributed by atoms with E-state index >= 15 is 0 Å². The summed E-state index contributed by atoms with van der Waals surface area (Å²) in [5.74, 6) is 0.836. The zero-order valence-corrected chi connectivity index (χ0v) is 18.9. The number of aromatic amines is 1. The van der Waals surface area contributed by atoms with Crippen molar-refractivity contribution in [3.05, 3.63) is 58.4 Å². The van der Waals surface area contributed by atoms with Gasteiger partial charge in [0.1, 0.15) is 11.6 Å². The summed E-state index contributed by atoms with van der Waals surface area (Å²) in [5, 5.41) is 9.41. The van der Waals surface area contributed by atoms with Crippen LogP contribution in [0, 0.1) is 0 Å². The monoisotopic (exact) mass is 475 g/mol. The summed E-state index contributed by atoms with van der Waals surface area (Å²) in [6.45, 7) is 4.20. The van der Waals surface area contributed by atoms with Gasteiger partial charge in [0.25, 0.3) is 5.56 Å². The van der Waals surface area contributed by atoms with Crippen LogP contribution in [0.5, 0.6) is 0 Å². The highest BCUT2D eigenvalue weighted by Crippen LogP contribution is 2.30. The summed E-state index contributed by atoms with van der Waals surface area (Å²) in [5.41, 5.74) is 0.377. The Morgan fingerprint density at radius 1 is 1.41 bits per heavy atom. The highest BCUT2D eigenvalue weighted by molar-refractivity contribution is 7.98. The van der Waals surface area contributed by atoms with Crippen molar-refractivity contribution in [2.45, 2.75) is 29.8 Å². The smallest absolute Gasteiger partial charge is 0.337 e. The van der Waals surface area contributed by atoms with Gasteiger partial charge >= 0.3 is 5.97 Å². The maximum absolute atomic E-state index is 12.4. The van der Waals surface area contributed by atoms with Crippen molar-refractivity contribution in [3.63, 3.8) is 0 Å². The van der Waals surface area contributed by atoms with E-state index in [0.29, 0.717) is 52.0 Å². The van der Waals surface area contributed by atoms with E-state index in [1.807, 2.05) is 4.57 Å². The van der Waals surface area contributed by atoms with Gasteiger partial charge in [-0.1, -0.05) is 17.8 Å². The summed E-state index contributed by atoms with van der Waals surface area (Å²) < 4.78 is 30.3. The number of nitrogens with one attached hydrogen (secondary N) is 1. The molecule has 32 heavy (non-hydrogen) atoms. The SMILES string of the molecule is C=CCn1c(SCc2nc3cc(C(=O)OC)ccc3c(=O)[nH]2)nnc1[C@@H]1CCS(=O)(=O)C1. The van der Waals surface area contributed by atoms with Crippen LogP contribution in [0.25, 0.3) is 10.9 Å². The van der Waals surface area contributed by atoms with E-state index < -0.39 is 15.8 Å². The number of ether oxygens (including phenoxy) is 1. The van der Waals surface area contributed by atoms with Crippen LogP contribution in [0.3, 0.4) is 0 Å². The lowest BCUT2D eigenvalue weighted by atomic mass is 10.1. The minimum Gasteiger partial charge on any atom is -0.465 e. The van der Waals surface area contributed by atoms with Crippen molar-refractivity contribution in [2.75, 3.05) is 18.6 Å². The number of nitrogens with zero attached hydrogens (tertiary/aromatic N) is 4. The Balaban J connectivity index is 1.60. The lowest BCUT2D eigenvalue weighted by Crippen LogP contribution is -2.13. The molecule has 3 aromatic rings. The molecule has 1 N–H and O–H groups in total. The molecule has 0 unspecified atom stereocenters. The molecule has 0 spiro atoms. The number of aromatic nitrogens is 5. The van der Waals surface area contributed by atoms with Gasteiger partial charge in [-0.25, -0.2) is 18.2 Å². The molecule has 1 aliphatic heterocycles. The van der Waals surface area contributed by atoms with Gasteiger partial charge in [0.05, 0.1) is 40.8 Å². The van der Waals surface area contributed by atoms with Crippen LogP contribution in [0.1, 0.15) is 34.3 Å². The minimum absolute atomic E-state index is 0.0645. The summed E-state index contributed by atoms with van der Waals surface area (Å²) >= 11 is 1.32. The van der Waals surface area contributed by atoms with Crippen molar-refractivity contribution < 1.29 is 17.9 Å². The first kappa shape index (κ1) is 22.2. The van der Waals surface area contributed by atoms with Crippen LogP contribution >= 0.6 is 11.8 Å². The predicted molar refractivity (Wildman–Crippen MR) is 119 cm³/mol. The molecule has 1 aromatic carbocycles. The summed E-state index contributed by atoms with van der Waals surface area (Å²) in [7, 11) is -1.77. The largest absolute Gasteiger partial charge is 0.465 e. The molecular weight excluding hydrogens is 454 g/mol. The number of H-pyrrole nitrogens is 1. The zero-order chi connectivity index (χ0) is 22.9. The quantitative estimate of drug-likeness (QED) is 0.307. The number of fused-ring (bicyclic) bond motifs is 1. The molecule has 3 heterocycles. The van der Waals surface area contributed by atoms with Crippen LogP contribution in [-0.2, 0) is 26.9 Å². The van der Waals surface area contributed by atoms with Gasteiger partial charge in [-0.3, -0.25) is 4.79 Å². The molecule has 0 bridgehead atoms. The maximum Gasteiger partial charge on any atom is 0.337 e. The Bertz CT molecular complexity index is 1360. The van der Waals surface area contributed by atoms with E-state index in [1.54, 1.807) is 6.08 Å². The molecule has 2 aromatic heterocycles. The number of hydrogen-bond donors (Lipinski definition) is 1. The second kappa shape index (κ2) is 8.87. The van der Waals surface area contributed by atoms with Crippen LogP contribution in [0.4, 0.5) is 0 Å². The van der Waals surface area contributed by atoms with Gasteiger partial charge in [-0.2, -0.15) is 0 Å². The second-order valence-corrected chi connectivity index (χ2v) is 10.5. The summed E-state index contributed by atoms with van der Waals surface area (Å²) in [6, 6.07) is 4.57. The van der Waals surface area contributed by atoms with Crippen molar-refractivity contribution >= 4 is 38.5 Å². The van der Waals surface area contributed by atoms with Gasteiger partial charge in [0.15, 0.2) is 15.0 Å². The Morgan fingerprint density at radius 2 is 2.22 bits per heavy atom.